The number of aryl methyl sites for hydroxylation is 1. The maximum absolute atomic E-state index is 12.1. The number of nitrogens with one attached hydrogen (secondary N) is 3. The lowest BCUT2D eigenvalue weighted by Crippen LogP contribution is -2.49. The average molecular weight is 430 g/mol. The number of nitrogens with zero attached hydrogens (tertiary/aromatic N) is 1. The van der Waals surface area contributed by atoms with Crippen LogP contribution in [-0.4, -0.2) is 28.5 Å². The van der Waals surface area contributed by atoms with E-state index in [1.54, 1.807) is 0 Å². The van der Waals surface area contributed by atoms with Crippen molar-refractivity contribution in [2.75, 3.05) is 6.61 Å². The quantitative estimate of drug-likeness (QED) is 0.366. The summed E-state index contributed by atoms with van der Waals surface area (Å²) in [5.74, 6) is -0.290. The predicted molar refractivity (Wildman–Crippen MR) is 115 cm³/mol. The molecule has 30 heavy (non-hydrogen) atoms. The number of nitro groups is 1. The first kappa shape index (κ1) is 22.8. The molecular weight excluding hydrogens is 408 g/mol. The van der Waals surface area contributed by atoms with Crippen molar-refractivity contribution < 1.29 is 19.2 Å². The van der Waals surface area contributed by atoms with E-state index in [9.17, 15) is 19.7 Å². The van der Waals surface area contributed by atoms with E-state index in [2.05, 4.69) is 16.2 Å². The Morgan fingerprint density at radius 3 is 2.57 bits per heavy atom. The molecule has 0 aliphatic heterocycles. The first-order valence-electron chi connectivity index (χ1n) is 9.05. The first-order chi connectivity index (χ1) is 14.2. The van der Waals surface area contributed by atoms with Gasteiger partial charge in [0.2, 0.25) is 0 Å². The number of carbonyl (C=O) groups is 2. The summed E-state index contributed by atoms with van der Waals surface area (Å²) in [6.07, 6.45) is 0. The van der Waals surface area contributed by atoms with Crippen molar-refractivity contribution in [3.63, 3.8) is 0 Å². The van der Waals surface area contributed by atoms with Gasteiger partial charge < -0.3 is 4.74 Å². The fourth-order valence-electron chi connectivity index (χ4n) is 2.52. The summed E-state index contributed by atoms with van der Waals surface area (Å²) in [6.45, 7) is 5.74. The first-order valence-corrected chi connectivity index (χ1v) is 9.46. The molecule has 158 valence electrons. The summed E-state index contributed by atoms with van der Waals surface area (Å²) >= 11 is 4.95. The zero-order chi connectivity index (χ0) is 22.3. The molecule has 2 rings (SSSR count). The van der Waals surface area contributed by atoms with E-state index in [-0.39, 0.29) is 28.9 Å². The standard InChI is InChI=1S/C20H22N4O5S/c1-12(2)16-8-7-13(3)9-17(16)29-11-18(25)22-23-20(30)21-19(26)14-5-4-6-15(10-14)24(27)28/h4-10,12H,11H2,1-3H3,(H,22,25)(H2,21,23,26,30). The molecule has 2 aromatic carbocycles. The third kappa shape index (κ3) is 6.52. The van der Waals surface area contributed by atoms with Crippen LogP contribution < -0.4 is 20.9 Å². The van der Waals surface area contributed by atoms with Crippen molar-refractivity contribution in [3.05, 3.63) is 69.3 Å². The summed E-state index contributed by atoms with van der Waals surface area (Å²) in [7, 11) is 0. The van der Waals surface area contributed by atoms with Crippen LogP contribution in [-0.2, 0) is 4.79 Å². The van der Waals surface area contributed by atoms with E-state index in [0.717, 1.165) is 17.2 Å². The summed E-state index contributed by atoms with van der Waals surface area (Å²) < 4.78 is 5.61. The van der Waals surface area contributed by atoms with Gasteiger partial charge in [0.15, 0.2) is 11.7 Å². The van der Waals surface area contributed by atoms with Crippen LogP contribution in [0.5, 0.6) is 5.75 Å². The average Bonchev–Trinajstić information content (AvgIpc) is 2.70. The maximum Gasteiger partial charge on any atom is 0.276 e. The molecule has 0 atom stereocenters. The van der Waals surface area contributed by atoms with Gasteiger partial charge in [0.05, 0.1) is 4.92 Å². The lowest BCUT2D eigenvalue weighted by Gasteiger charge is -2.15. The minimum atomic E-state index is -0.650. The highest BCUT2D eigenvalue weighted by atomic mass is 32.1. The molecule has 0 aliphatic carbocycles. The van der Waals surface area contributed by atoms with Crippen LogP contribution >= 0.6 is 12.2 Å². The fraction of sp³-hybridized carbons (Fsp3) is 0.250. The van der Waals surface area contributed by atoms with Crippen molar-refractivity contribution in [1.29, 1.82) is 0 Å². The smallest absolute Gasteiger partial charge is 0.276 e. The summed E-state index contributed by atoms with van der Waals surface area (Å²) in [4.78, 5) is 34.3. The number of rotatable bonds is 6. The Labute approximate surface area is 178 Å². The Kier molecular flexibility index (Phi) is 7.82. The van der Waals surface area contributed by atoms with Crippen LogP contribution in [0.4, 0.5) is 5.69 Å². The molecule has 10 heteroatoms. The molecular formula is C20H22N4O5S. The normalized spacial score (nSPS) is 10.3. The van der Waals surface area contributed by atoms with Gasteiger partial charge in [0.25, 0.3) is 17.5 Å². The second-order valence-electron chi connectivity index (χ2n) is 6.75. The van der Waals surface area contributed by atoms with Crippen molar-refractivity contribution >= 4 is 34.8 Å². The van der Waals surface area contributed by atoms with E-state index < -0.39 is 16.7 Å². The van der Waals surface area contributed by atoms with Crippen LogP contribution in [0.2, 0.25) is 0 Å². The SMILES string of the molecule is Cc1ccc(C(C)C)c(OCC(=O)NNC(=S)NC(=O)c2cccc([N+](=O)[O-])c2)c1. The zero-order valence-corrected chi connectivity index (χ0v) is 17.5. The number of ether oxygens (including phenoxy) is 1. The molecule has 2 amide bonds. The van der Waals surface area contributed by atoms with Gasteiger partial charge in [0.1, 0.15) is 5.75 Å². The lowest BCUT2D eigenvalue weighted by atomic mass is 10.0. The molecule has 0 saturated heterocycles. The number of hydrogen-bond donors (Lipinski definition) is 3. The van der Waals surface area contributed by atoms with Crippen LogP contribution in [0, 0.1) is 17.0 Å². The molecule has 0 spiro atoms. The largest absolute Gasteiger partial charge is 0.483 e. The highest BCUT2D eigenvalue weighted by Gasteiger charge is 2.14. The number of benzene rings is 2. The van der Waals surface area contributed by atoms with Gasteiger partial charge in [-0.3, -0.25) is 35.9 Å². The molecule has 2 aromatic rings. The van der Waals surface area contributed by atoms with Gasteiger partial charge in [0, 0.05) is 17.7 Å². The van der Waals surface area contributed by atoms with Crippen molar-refractivity contribution in [3.8, 4) is 5.75 Å². The minimum absolute atomic E-state index is 0.0590. The molecule has 9 nitrogen and oxygen atoms in total. The maximum atomic E-state index is 12.1. The van der Waals surface area contributed by atoms with E-state index in [1.165, 1.54) is 18.2 Å². The topological polar surface area (TPSA) is 123 Å². The predicted octanol–water partition coefficient (Wildman–Crippen LogP) is 2.74. The van der Waals surface area contributed by atoms with E-state index in [1.807, 2.05) is 39.0 Å². The fourth-order valence-corrected chi connectivity index (χ4v) is 2.66. The number of thiocarbonyl (C=S) groups is 1. The third-order valence-electron chi connectivity index (χ3n) is 4.01. The number of non-ortho nitro benzene ring substituents is 1. The van der Waals surface area contributed by atoms with Crippen LogP contribution in [0.25, 0.3) is 0 Å². The minimum Gasteiger partial charge on any atom is -0.483 e. The highest BCUT2D eigenvalue weighted by molar-refractivity contribution is 7.80. The molecule has 0 fully saturated rings. The van der Waals surface area contributed by atoms with Crippen LogP contribution in [0.15, 0.2) is 42.5 Å². The summed E-state index contributed by atoms with van der Waals surface area (Å²) in [5, 5.41) is 13.0. The van der Waals surface area contributed by atoms with Gasteiger partial charge in [-0.1, -0.05) is 32.0 Å². The Hall–Kier alpha value is -3.53. The molecule has 0 heterocycles. The molecule has 0 saturated carbocycles. The van der Waals surface area contributed by atoms with Gasteiger partial charge >= 0.3 is 0 Å². The second-order valence-corrected chi connectivity index (χ2v) is 7.16. The van der Waals surface area contributed by atoms with Gasteiger partial charge in [-0.25, -0.2) is 0 Å². The molecule has 0 unspecified atom stereocenters. The highest BCUT2D eigenvalue weighted by Crippen LogP contribution is 2.27. The van der Waals surface area contributed by atoms with Gasteiger partial charge in [-0.2, -0.15) is 0 Å². The molecule has 0 bridgehead atoms. The number of carbonyl (C=O) groups excluding carboxylic acids is 2. The molecule has 0 aliphatic rings. The second kappa shape index (κ2) is 10.3. The monoisotopic (exact) mass is 430 g/mol. The molecule has 3 N–H and O–H groups in total. The number of nitro benzene ring substituents is 1. The Morgan fingerprint density at radius 1 is 1.17 bits per heavy atom. The Balaban J connectivity index is 1.84. The molecule has 0 aromatic heterocycles. The van der Waals surface area contributed by atoms with Crippen LogP contribution in [0.3, 0.4) is 0 Å². The summed E-state index contributed by atoms with van der Waals surface area (Å²) in [6, 6.07) is 11.0. The van der Waals surface area contributed by atoms with Crippen molar-refractivity contribution in [2.24, 2.45) is 0 Å². The summed E-state index contributed by atoms with van der Waals surface area (Å²) in [5.41, 5.74) is 6.56. The van der Waals surface area contributed by atoms with Crippen molar-refractivity contribution in [1.82, 2.24) is 16.2 Å². The third-order valence-corrected chi connectivity index (χ3v) is 4.22. The Morgan fingerprint density at radius 2 is 1.90 bits per heavy atom. The van der Waals surface area contributed by atoms with Crippen LogP contribution in [0.1, 0.15) is 41.3 Å². The molecule has 0 radical (unpaired) electrons. The zero-order valence-electron chi connectivity index (χ0n) is 16.7. The van der Waals surface area contributed by atoms with Crippen molar-refractivity contribution in [2.45, 2.75) is 26.7 Å². The number of hydrogen-bond acceptors (Lipinski definition) is 6. The lowest BCUT2D eigenvalue weighted by molar-refractivity contribution is -0.384. The van der Waals surface area contributed by atoms with Gasteiger partial charge in [-0.15, -0.1) is 0 Å². The number of amides is 2. The van der Waals surface area contributed by atoms with Gasteiger partial charge in [-0.05, 0) is 48.3 Å². The number of hydrazine groups is 1. The van der Waals surface area contributed by atoms with E-state index in [0.29, 0.717) is 5.75 Å². The van der Waals surface area contributed by atoms with E-state index in [4.69, 9.17) is 17.0 Å². The Bertz CT molecular complexity index is 977. The van der Waals surface area contributed by atoms with E-state index >= 15 is 0 Å².